The van der Waals surface area contributed by atoms with Crippen LogP contribution in [0.25, 0.3) is 0 Å². The van der Waals surface area contributed by atoms with Gasteiger partial charge in [0.25, 0.3) is 0 Å². The molecule has 3 aromatic rings. The molecule has 3 rings (SSSR count). The Kier molecular flexibility index (Phi) is 5.62. The molecule has 0 aliphatic carbocycles. The van der Waals surface area contributed by atoms with E-state index in [1.54, 1.807) is 0 Å². The van der Waals surface area contributed by atoms with Crippen LogP contribution >= 0.6 is 7.28 Å². The summed E-state index contributed by atoms with van der Waals surface area (Å²) >= 11 is 0. The molecule has 0 saturated heterocycles. The van der Waals surface area contributed by atoms with Crippen LogP contribution in [0.15, 0.2) is 72.8 Å². The molecule has 4 heteroatoms. The predicted molar refractivity (Wildman–Crippen MR) is 123 cm³/mol. The molecule has 0 aliphatic heterocycles. The van der Waals surface area contributed by atoms with Crippen molar-refractivity contribution in [3.05, 3.63) is 89.5 Å². The van der Waals surface area contributed by atoms with Gasteiger partial charge in [-0.2, -0.15) is 0 Å². The van der Waals surface area contributed by atoms with E-state index in [9.17, 15) is 4.89 Å². The van der Waals surface area contributed by atoms with Crippen molar-refractivity contribution < 1.29 is 13.9 Å². The molecule has 154 valence electrons. The molecule has 0 radical (unpaired) electrons. The van der Waals surface area contributed by atoms with Crippen molar-refractivity contribution in [2.75, 3.05) is 0 Å². The van der Waals surface area contributed by atoms with E-state index in [0.717, 1.165) is 16.7 Å². The van der Waals surface area contributed by atoms with E-state index in [-0.39, 0.29) is 0 Å². The Bertz CT molecular complexity index is 975. The first kappa shape index (κ1) is 21.5. The van der Waals surface area contributed by atoms with Crippen LogP contribution < -0.4 is 15.1 Å². The van der Waals surface area contributed by atoms with E-state index in [2.05, 4.69) is 0 Å². The van der Waals surface area contributed by atoms with Crippen molar-refractivity contribution >= 4 is 17.9 Å². The Hall–Kier alpha value is -2.19. The number of aryl methyl sites for hydroxylation is 3. The van der Waals surface area contributed by atoms with Gasteiger partial charge in [-0.1, -0.05) is 0 Å². The summed E-state index contributed by atoms with van der Waals surface area (Å²) in [5, 5.41) is 1.37. The molecule has 0 fully saturated rings. The van der Waals surface area contributed by atoms with Crippen LogP contribution in [0.3, 0.4) is 0 Å². The zero-order valence-electron chi connectivity index (χ0n) is 18.1. The maximum absolute atomic E-state index is 12.9. The van der Waals surface area contributed by atoms with Gasteiger partial charge in [-0.3, -0.25) is 0 Å². The van der Waals surface area contributed by atoms with Crippen LogP contribution in [-0.2, 0) is 4.52 Å². The average molecular weight is 410 g/mol. The van der Waals surface area contributed by atoms with E-state index in [1.165, 1.54) is 0 Å². The Balaban J connectivity index is 2.44. The van der Waals surface area contributed by atoms with Crippen LogP contribution in [0, 0.1) is 20.8 Å². The normalized spacial score (nSPS) is 13.6. The molecule has 0 atom stereocenters. The topological polar surface area (TPSA) is 38.7 Å². The second-order valence-corrected chi connectivity index (χ2v) is 11.7. The summed E-state index contributed by atoms with van der Waals surface area (Å²) < 4.78 is 13.4. The molecule has 0 spiro atoms. The van der Waals surface area contributed by atoms with Gasteiger partial charge >= 0.3 is 174 Å². The summed E-state index contributed by atoms with van der Waals surface area (Å²) in [5.74, 6) is 0.614. The van der Waals surface area contributed by atoms with Gasteiger partial charge in [0.15, 0.2) is 0 Å². The first-order valence-corrected chi connectivity index (χ1v) is 11.9. The number of hydrogen-bond donors (Lipinski definition) is 1. The molecular weight excluding hydrogens is 379 g/mol. The Morgan fingerprint density at radius 2 is 1.07 bits per heavy atom. The molecule has 0 bridgehead atoms. The zero-order valence-corrected chi connectivity index (χ0v) is 19.0. The summed E-state index contributed by atoms with van der Waals surface area (Å²) in [4.78, 5) is 12.9. The van der Waals surface area contributed by atoms with Crippen LogP contribution in [0.2, 0.25) is 0 Å². The standard InChI is InChI=1S/C25H31O3P/c1-19-13-7-10-16-22(19)27-29(26,28-25(4,5)6,23-17-11-8-14-20(23)2)24-18-12-9-15-21(24)3/h7-18,26H,1-6H3. The Labute approximate surface area is 174 Å². The van der Waals surface area contributed by atoms with E-state index < -0.39 is 12.9 Å². The SMILES string of the molecule is Cc1ccccc1OP(O)(OC(C)(C)C)(c1ccccc1C)c1ccccc1C. The van der Waals surface area contributed by atoms with Crippen LogP contribution in [0.5, 0.6) is 5.75 Å². The van der Waals surface area contributed by atoms with Crippen molar-refractivity contribution in [3.63, 3.8) is 0 Å². The quantitative estimate of drug-likeness (QED) is 0.545. The summed E-state index contributed by atoms with van der Waals surface area (Å²) in [6.07, 6.45) is 0. The van der Waals surface area contributed by atoms with Crippen LogP contribution in [-0.4, -0.2) is 10.5 Å². The number of rotatable bonds is 5. The van der Waals surface area contributed by atoms with Crippen molar-refractivity contribution in [1.29, 1.82) is 0 Å². The third-order valence-electron chi connectivity index (χ3n) is 4.89. The Morgan fingerprint density at radius 3 is 1.48 bits per heavy atom. The average Bonchev–Trinajstić information content (AvgIpc) is 2.63. The molecule has 0 amide bonds. The van der Waals surface area contributed by atoms with Gasteiger partial charge < -0.3 is 0 Å². The fourth-order valence-corrected chi connectivity index (χ4v) is 8.07. The van der Waals surface area contributed by atoms with Crippen LogP contribution in [0.1, 0.15) is 37.5 Å². The maximum atomic E-state index is 12.9. The zero-order chi connectivity index (χ0) is 21.3. The van der Waals surface area contributed by atoms with Crippen molar-refractivity contribution in [3.8, 4) is 5.75 Å². The van der Waals surface area contributed by atoms with Crippen LogP contribution in [0.4, 0.5) is 0 Å². The molecule has 3 nitrogen and oxygen atoms in total. The minimum atomic E-state index is -4.56. The second kappa shape index (κ2) is 7.57. The van der Waals surface area contributed by atoms with Gasteiger partial charge in [0, 0.05) is 0 Å². The molecule has 0 saturated carbocycles. The fraction of sp³-hybridized carbons (Fsp3) is 0.280. The van der Waals surface area contributed by atoms with E-state index in [0.29, 0.717) is 16.4 Å². The van der Waals surface area contributed by atoms with Crippen molar-refractivity contribution in [1.82, 2.24) is 0 Å². The number of para-hydroxylation sites is 1. The van der Waals surface area contributed by atoms with E-state index >= 15 is 0 Å². The number of benzene rings is 3. The third kappa shape index (κ3) is 4.09. The number of hydrogen-bond acceptors (Lipinski definition) is 3. The predicted octanol–water partition coefficient (Wildman–Crippen LogP) is 5.75. The van der Waals surface area contributed by atoms with Gasteiger partial charge in [-0.25, -0.2) is 0 Å². The first-order chi connectivity index (χ1) is 13.5. The van der Waals surface area contributed by atoms with Crippen molar-refractivity contribution in [2.24, 2.45) is 0 Å². The van der Waals surface area contributed by atoms with Crippen molar-refractivity contribution in [2.45, 2.75) is 47.1 Å². The van der Waals surface area contributed by atoms with E-state index in [1.807, 2.05) is 114 Å². The van der Waals surface area contributed by atoms with Gasteiger partial charge in [-0.05, 0) is 0 Å². The molecule has 3 aromatic carbocycles. The fourth-order valence-electron chi connectivity index (χ4n) is 3.71. The van der Waals surface area contributed by atoms with E-state index in [4.69, 9.17) is 9.05 Å². The third-order valence-corrected chi connectivity index (χ3v) is 9.01. The summed E-state index contributed by atoms with van der Waals surface area (Å²) in [7, 11) is -4.56. The molecule has 0 heterocycles. The molecule has 0 aromatic heterocycles. The van der Waals surface area contributed by atoms with Gasteiger partial charge in [0.05, 0.1) is 0 Å². The van der Waals surface area contributed by atoms with Gasteiger partial charge in [-0.15, -0.1) is 0 Å². The molecule has 0 unspecified atom stereocenters. The summed E-state index contributed by atoms with van der Waals surface area (Å²) in [6.45, 7) is 11.8. The van der Waals surface area contributed by atoms with Gasteiger partial charge in [0.1, 0.15) is 0 Å². The molecule has 1 N–H and O–H groups in total. The molecule has 0 aliphatic rings. The Morgan fingerprint density at radius 1 is 0.655 bits per heavy atom. The summed E-state index contributed by atoms with van der Waals surface area (Å²) in [6, 6.07) is 23.3. The monoisotopic (exact) mass is 410 g/mol. The second-order valence-electron chi connectivity index (χ2n) is 8.55. The molecular formula is C25H31O3P. The minimum absolute atomic E-state index is 0.614. The van der Waals surface area contributed by atoms with Gasteiger partial charge in [0.2, 0.25) is 0 Å². The first-order valence-electron chi connectivity index (χ1n) is 9.90. The molecule has 29 heavy (non-hydrogen) atoms. The summed E-state index contributed by atoms with van der Waals surface area (Å²) in [5.41, 5.74) is 2.14.